The minimum atomic E-state index is -0.295. The lowest BCUT2D eigenvalue weighted by molar-refractivity contribution is 0.102. The Morgan fingerprint density at radius 1 is 1.22 bits per heavy atom. The molecule has 0 bridgehead atoms. The molecule has 0 aliphatic rings. The van der Waals surface area contributed by atoms with E-state index in [2.05, 4.69) is 25.4 Å². The van der Waals surface area contributed by atoms with Gasteiger partial charge in [-0.15, -0.1) is 0 Å². The number of rotatable bonds is 2. The summed E-state index contributed by atoms with van der Waals surface area (Å²) in [5.41, 5.74) is 4.39. The van der Waals surface area contributed by atoms with Gasteiger partial charge in [0.05, 0.1) is 17.2 Å². The van der Waals surface area contributed by atoms with Crippen molar-refractivity contribution in [3.63, 3.8) is 0 Å². The quantitative estimate of drug-likeness (QED) is 0.595. The van der Waals surface area contributed by atoms with Gasteiger partial charge in [0.25, 0.3) is 5.91 Å². The normalized spacial score (nSPS) is 11.2. The van der Waals surface area contributed by atoms with Crippen LogP contribution in [0.3, 0.4) is 0 Å². The van der Waals surface area contributed by atoms with Crippen molar-refractivity contribution in [1.82, 2.24) is 24.6 Å². The predicted octanol–water partition coefficient (Wildman–Crippen LogP) is 2.47. The minimum Gasteiger partial charge on any atom is -0.324 e. The first-order valence-corrected chi connectivity index (χ1v) is 7.20. The zero-order chi connectivity index (χ0) is 16.0. The summed E-state index contributed by atoms with van der Waals surface area (Å²) in [6, 6.07) is 9.51. The second-order valence-electron chi connectivity index (χ2n) is 5.39. The van der Waals surface area contributed by atoms with Crippen LogP contribution < -0.4 is 5.32 Å². The maximum atomic E-state index is 12.5. The van der Waals surface area contributed by atoms with Gasteiger partial charge in [0, 0.05) is 11.4 Å². The lowest BCUT2D eigenvalue weighted by Crippen LogP contribution is -2.13. The molecular formula is C16H14N6O. The van der Waals surface area contributed by atoms with E-state index in [-0.39, 0.29) is 5.91 Å². The molecule has 0 unspecified atom stereocenters. The third-order valence-corrected chi connectivity index (χ3v) is 3.64. The summed E-state index contributed by atoms with van der Waals surface area (Å²) >= 11 is 0. The largest absolute Gasteiger partial charge is 0.324 e. The van der Waals surface area contributed by atoms with Crippen LogP contribution in [0.25, 0.3) is 16.7 Å². The zero-order valence-corrected chi connectivity index (χ0v) is 12.7. The van der Waals surface area contributed by atoms with Crippen molar-refractivity contribution < 1.29 is 4.79 Å². The Bertz CT molecular complexity index is 1010. The maximum Gasteiger partial charge on any atom is 0.263 e. The summed E-state index contributed by atoms with van der Waals surface area (Å²) in [4.78, 5) is 24.3. The number of benzene rings is 1. The highest BCUT2D eigenvalue weighted by Gasteiger charge is 2.16. The topological polar surface area (TPSA) is 88.0 Å². The first-order valence-electron chi connectivity index (χ1n) is 7.20. The zero-order valence-electron chi connectivity index (χ0n) is 12.7. The van der Waals surface area contributed by atoms with Crippen LogP contribution in [0, 0.1) is 13.8 Å². The van der Waals surface area contributed by atoms with Crippen LogP contribution in [-0.2, 0) is 0 Å². The number of amides is 1. The molecule has 23 heavy (non-hydrogen) atoms. The van der Waals surface area contributed by atoms with Crippen molar-refractivity contribution in [1.29, 1.82) is 0 Å². The van der Waals surface area contributed by atoms with E-state index in [1.54, 1.807) is 4.52 Å². The molecule has 7 nitrogen and oxygen atoms in total. The number of H-pyrrole nitrogens is 1. The smallest absolute Gasteiger partial charge is 0.263 e. The number of aryl methyl sites for hydroxylation is 2. The van der Waals surface area contributed by atoms with Gasteiger partial charge in [-0.3, -0.25) is 10.1 Å². The van der Waals surface area contributed by atoms with Gasteiger partial charge in [-0.05, 0) is 32.0 Å². The van der Waals surface area contributed by atoms with Crippen LogP contribution in [0.4, 0.5) is 5.95 Å². The van der Waals surface area contributed by atoms with E-state index < -0.39 is 0 Å². The van der Waals surface area contributed by atoms with Gasteiger partial charge in [-0.25, -0.2) is 14.5 Å². The van der Waals surface area contributed by atoms with Crippen LogP contribution >= 0.6 is 0 Å². The van der Waals surface area contributed by atoms with Gasteiger partial charge in [-0.1, -0.05) is 12.1 Å². The molecular weight excluding hydrogens is 292 g/mol. The molecule has 1 amide bonds. The summed E-state index contributed by atoms with van der Waals surface area (Å²) in [7, 11) is 0. The molecule has 0 saturated carbocycles. The molecule has 0 aliphatic carbocycles. The third kappa shape index (κ3) is 2.22. The molecule has 0 atom stereocenters. The molecule has 0 radical (unpaired) electrons. The van der Waals surface area contributed by atoms with Crippen molar-refractivity contribution in [3.05, 3.63) is 53.5 Å². The van der Waals surface area contributed by atoms with Gasteiger partial charge in [0.1, 0.15) is 5.56 Å². The Morgan fingerprint density at radius 3 is 2.87 bits per heavy atom. The molecule has 0 saturated heterocycles. The number of para-hydroxylation sites is 2. The lowest BCUT2D eigenvalue weighted by Gasteiger charge is -2.02. The van der Waals surface area contributed by atoms with Crippen LogP contribution in [0.2, 0.25) is 0 Å². The highest BCUT2D eigenvalue weighted by atomic mass is 16.1. The van der Waals surface area contributed by atoms with E-state index >= 15 is 0 Å². The molecule has 114 valence electrons. The highest BCUT2D eigenvalue weighted by molar-refractivity contribution is 6.07. The first-order chi connectivity index (χ1) is 11.1. The summed E-state index contributed by atoms with van der Waals surface area (Å²) in [5, 5.41) is 6.99. The van der Waals surface area contributed by atoms with E-state index in [1.807, 2.05) is 44.2 Å². The number of fused-ring (bicyclic) bond motifs is 2. The number of nitrogens with zero attached hydrogens (tertiary/aromatic N) is 4. The Morgan fingerprint density at radius 2 is 2.04 bits per heavy atom. The Kier molecular flexibility index (Phi) is 2.87. The van der Waals surface area contributed by atoms with E-state index in [9.17, 15) is 4.79 Å². The van der Waals surface area contributed by atoms with Gasteiger partial charge >= 0.3 is 0 Å². The van der Waals surface area contributed by atoms with Gasteiger partial charge in [0.2, 0.25) is 5.95 Å². The highest BCUT2D eigenvalue weighted by Crippen LogP contribution is 2.16. The van der Waals surface area contributed by atoms with E-state index in [1.165, 1.54) is 6.20 Å². The maximum absolute atomic E-state index is 12.5. The average molecular weight is 306 g/mol. The molecule has 3 aromatic heterocycles. The van der Waals surface area contributed by atoms with Gasteiger partial charge in [0.15, 0.2) is 5.65 Å². The van der Waals surface area contributed by atoms with Crippen LogP contribution in [-0.4, -0.2) is 30.5 Å². The summed E-state index contributed by atoms with van der Waals surface area (Å²) in [6.45, 7) is 3.82. The predicted molar refractivity (Wildman–Crippen MR) is 86.5 cm³/mol. The van der Waals surface area contributed by atoms with E-state index in [4.69, 9.17) is 0 Å². The molecule has 1 aromatic carbocycles. The standard InChI is InChI=1S/C16H14N6O/c1-9-7-10(2)22-14(18-9)11(8-17-22)15(23)21-16-19-12-5-3-4-6-13(12)20-16/h3-8H,1-2H3,(H2,19,20,21,23). The van der Waals surface area contributed by atoms with Crippen LogP contribution in [0.5, 0.6) is 0 Å². The first kappa shape index (κ1) is 13.4. The van der Waals surface area contributed by atoms with E-state index in [0.29, 0.717) is 17.2 Å². The molecule has 7 heteroatoms. The number of aromatic nitrogens is 5. The summed E-state index contributed by atoms with van der Waals surface area (Å²) < 4.78 is 1.65. The molecule has 4 aromatic rings. The lowest BCUT2D eigenvalue weighted by atomic mass is 10.3. The number of anilines is 1. The Hall–Kier alpha value is -3.22. The number of imidazole rings is 1. The van der Waals surface area contributed by atoms with Crippen LogP contribution in [0.15, 0.2) is 36.5 Å². The molecule has 3 heterocycles. The molecule has 0 spiro atoms. The molecule has 4 rings (SSSR count). The Labute approximate surface area is 131 Å². The Balaban J connectivity index is 1.71. The van der Waals surface area contributed by atoms with E-state index in [0.717, 1.165) is 22.4 Å². The molecule has 0 fully saturated rings. The third-order valence-electron chi connectivity index (χ3n) is 3.64. The monoisotopic (exact) mass is 306 g/mol. The van der Waals surface area contributed by atoms with Gasteiger partial charge < -0.3 is 4.98 Å². The molecule has 0 aliphatic heterocycles. The van der Waals surface area contributed by atoms with Crippen molar-refractivity contribution in [2.75, 3.05) is 5.32 Å². The average Bonchev–Trinajstić information content (AvgIpc) is 3.10. The number of carbonyl (C=O) groups is 1. The number of hydrogen-bond donors (Lipinski definition) is 2. The second-order valence-corrected chi connectivity index (χ2v) is 5.39. The van der Waals surface area contributed by atoms with Crippen molar-refractivity contribution in [2.24, 2.45) is 0 Å². The van der Waals surface area contributed by atoms with Crippen LogP contribution in [0.1, 0.15) is 21.7 Å². The number of hydrogen-bond acceptors (Lipinski definition) is 4. The van der Waals surface area contributed by atoms with Crippen molar-refractivity contribution in [3.8, 4) is 0 Å². The fourth-order valence-corrected chi connectivity index (χ4v) is 2.62. The van der Waals surface area contributed by atoms with Crippen molar-refractivity contribution >= 4 is 28.5 Å². The minimum absolute atomic E-state index is 0.295. The fourth-order valence-electron chi connectivity index (χ4n) is 2.62. The second kappa shape index (κ2) is 4.91. The SMILES string of the molecule is Cc1cc(C)n2ncc(C(=O)Nc3nc4ccccc4[nH]3)c2n1. The summed E-state index contributed by atoms with van der Waals surface area (Å²) in [6.07, 6.45) is 1.52. The number of carbonyl (C=O) groups excluding carboxylic acids is 1. The number of nitrogens with one attached hydrogen (secondary N) is 2. The summed E-state index contributed by atoms with van der Waals surface area (Å²) in [5.74, 6) is 0.108. The fraction of sp³-hybridized carbons (Fsp3) is 0.125. The molecule has 2 N–H and O–H groups in total. The van der Waals surface area contributed by atoms with Crippen molar-refractivity contribution in [2.45, 2.75) is 13.8 Å². The number of aromatic amines is 1. The van der Waals surface area contributed by atoms with Gasteiger partial charge in [-0.2, -0.15) is 5.10 Å².